The maximum atomic E-state index is 13.5. The molecule has 3 aromatic carbocycles. The highest BCUT2D eigenvalue weighted by Gasteiger charge is 2.46. The Hall–Kier alpha value is -3.80. The first-order valence-electron chi connectivity index (χ1n) is 17.5. The van der Waals surface area contributed by atoms with Crippen molar-refractivity contribution in [2.75, 3.05) is 13.7 Å². The maximum Gasteiger partial charge on any atom is 0.338 e. The molecular weight excluding hydrogens is 665 g/mol. The van der Waals surface area contributed by atoms with E-state index >= 15 is 0 Å². The van der Waals surface area contributed by atoms with Gasteiger partial charge < -0.3 is 32.8 Å². The lowest BCUT2D eigenvalue weighted by atomic mass is 10.0. The summed E-state index contributed by atoms with van der Waals surface area (Å²) in [6.07, 6.45) is 0.678. The van der Waals surface area contributed by atoms with Gasteiger partial charge in [0.2, 0.25) is 0 Å². The van der Waals surface area contributed by atoms with Crippen LogP contribution in [0.15, 0.2) is 97.1 Å². The standard InChI is InChI=1S/C41H54O9Si/c1-29(47-38(42)31-16-12-10-13-17-31)34(45-28-30-20-22-33(44-7)23-21-30)24-25-35(48-39(43)32-18-14-11-15-19-32)37-36(49-41(5,6)50-37)26-27-46-51(8,9)40(2,3)4/h10-25,29,34-37H,26-28H2,1-9H3/t29-,34+,35?,36-,37+/m0/s1. The average molecular weight is 719 g/mol. The molecule has 5 atom stereocenters. The summed E-state index contributed by atoms with van der Waals surface area (Å²) >= 11 is 0. The zero-order valence-corrected chi connectivity index (χ0v) is 32.4. The number of hydrogen-bond donors (Lipinski definition) is 0. The van der Waals surface area contributed by atoms with Crippen molar-refractivity contribution >= 4 is 20.3 Å². The van der Waals surface area contributed by atoms with Gasteiger partial charge in [0.1, 0.15) is 30.2 Å². The molecule has 0 aliphatic carbocycles. The van der Waals surface area contributed by atoms with Gasteiger partial charge in [-0.3, -0.25) is 0 Å². The number of methoxy groups -OCH3 is 1. The molecular formula is C41H54O9Si. The Balaban J connectivity index is 1.62. The zero-order valence-electron chi connectivity index (χ0n) is 31.4. The van der Waals surface area contributed by atoms with Crippen molar-refractivity contribution < 1.29 is 42.4 Å². The largest absolute Gasteiger partial charge is 0.497 e. The van der Waals surface area contributed by atoms with Crippen LogP contribution in [0.2, 0.25) is 18.1 Å². The first-order chi connectivity index (χ1) is 24.1. The molecule has 1 fully saturated rings. The van der Waals surface area contributed by atoms with Crippen LogP contribution in [0, 0.1) is 0 Å². The highest BCUT2D eigenvalue weighted by atomic mass is 28.4. The fraction of sp³-hybridized carbons (Fsp3) is 0.463. The van der Waals surface area contributed by atoms with E-state index < -0.39 is 56.6 Å². The SMILES string of the molecule is COc1ccc(CO[C@H](C=CC(OC(=O)c2ccccc2)[C@H]2OC(C)(C)O[C@H]2CCO[Si](C)(C)C(C)(C)C)[C@H](C)OC(=O)c2ccccc2)cc1. The fourth-order valence-corrected chi connectivity index (χ4v) is 6.41. The minimum Gasteiger partial charge on any atom is -0.497 e. The molecule has 0 aromatic heterocycles. The van der Waals surface area contributed by atoms with Crippen LogP contribution in [0.5, 0.6) is 5.75 Å². The minimum absolute atomic E-state index is 0.0523. The Morgan fingerprint density at radius 2 is 1.41 bits per heavy atom. The van der Waals surface area contributed by atoms with E-state index in [9.17, 15) is 9.59 Å². The van der Waals surface area contributed by atoms with E-state index in [4.69, 9.17) is 32.8 Å². The van der Waals surface area contributed by atoms with Gasteiger partial charge in [-0.05, 0) is 93.4 Å². The molecule has 0 saturated carbocycles. The van der Waals surface area contributed by atoms with E-state index in [2.05, 4.69) is 33.9 Å². The third kappa shape index (κ3) is 11.6. The van der Waals surface area contributed by atoms with Crippen LogP contribution in [0.4, 0.5) is 0 Å². The van der Waals surface area contributed by atoms with Gasteiger partial charge in [-0.25, -0.2) is 9.59 Å². The molecule has 1 unspecified atom stereocenters. The Morgan fingerprint density at radius 1 is 0.843 bits per heavy atom. The van der Waals surface area contributed by atoms with Crippen LogP contribution in [-0.4, -0.2) is 70.3 Å². The average Bonchev–Trinajstić information content (AvgIpc) is 3.41. The maximum absolute atomic E-state index is 13.5. The Bertz CT molecular complexity index is 1570. The van der Waals surface area contributed by atoms with Crippen molar-refractivity contribution in [2.45, 2.75) is 109 Å². The molecule has 1 saturated heterocycles. The van der Waals surface area contributed by atoms with E-state index in [1.54, 1.807) is 74.7 Å². The lowest BCUT2D eigenvalue weighted by Gasteiger charge is -2.36. The van der Waals surface area contributed by atoms with Crippen molar-refractivity contribution in [3.8, 4) is 5.75 Å². The van der Waals surface area contributed by atoms with Crippen molar-refractivity contribution in [2.24, 2.45) is 0 Å². The summed E-state index contributed by atoms with van der Waals surface area (Å²) < 4.78 is 43.1. The second-order valence-corrected chi connectivity index (χ2v) is 19.6. The van der Waals surface area contributed by atoms with Crippen LogP contribution in [0.1, 0.15) is 74.2 Å². The van der Waals surface area contributed by atoms with Gasteiger partial charge in [-0.15, -0.1) is 0 Å². The first kappa shape index (κ1) is 40.0. The second kappa shape index (κ2) is 17.6. The highest BCUT2D eigenvalue weighted by molar-refractivity contribution is 6.74. The zero-order chi connectivity index (χ0) is 37.2. The van der Waals surface area contributed by atoms with Crippen LogP contribution >= 0.6 is 0 Å². The third-order valence-electron chi connectivity index (χ3n) is 9.33. The number of ether oxygens (including phenoxy) is 6. The van der Waals surface area contributed by atoms with E-state index in [1.165, 1.54) is 0 Å². The summed E-state index contributed by atoms with van der Waals surface area (Å²) in [6, 6.07) is 25.1. The smallest absolute Gasteiger partial charge is 0.338 e. The summed E-state index contributed by atoms with van der Waals surface area (Å²) in [6.45, 7) is 17.2. The second-order valence-electron chi connectivity index (χ2n) is 14.8. The Kier molecular flexibility index (Phi) is 13.8. The Labute approximate surface area is 304 Å². The summed E-state index contributed by atoms with van der Waals surface area (Å²) in [4.78, 5) is 26.6. The summed E-state index contributed by atoms with van der Waals surface area (Å²) in [5.74, 6) is -1.18. The van der Waals surface area contributed by atoms with Gasteiger partial charge in [0.15, 0.2) is 14.1 Å². The van der Waals surface area contributed by atoms with Gasteiger partial charge in [0.25, 0.3) is 0 Å². The predicted octanol–water partition coefficient (Wildman–Crippen LogP) is 8.54. The monoisotopic (exact) mass is 718 g/mol. The minimum atomic E-state index is -2.02. The van der Waals surface area contributed by atoms with Crippen molar-refractivity contribution in [3.05, 3.63) is 114 Å². The number of carbonyl (C=O) groups is 2. The summed E-state index contributed by atoms with van der Waals surface area (Å²) in [5.41, 5.74) is 1.74. The van der Waals surface area contributed by atoms with Crippen molar-refractivity contribution in [1.82, 2.24) is 0 Å². The molecule has 0 radical (unpaired) electrons. The van der Waals surface area contributed by atoms with Gasteiger partial charge in [-0.1, -0.05) is 75.4 Å². The van der Waals surface area contributed by atoms with Gasteiger partial charge >= 0.3 is 11.9 Å². The third-order valence-corrected chi connectivity index (χ3v) is 13.9. The van der Waals surface area contributed by atoms with Crippen molar-refractivity contribution in [1.29, 1.82) is 0 Å². The molecule has 1 heterocycles. The topological polar surface area (TPSA) is 98.8 Å². The molecule has 0 N–H and O–H groups in total. The van der Waals surface area contributed by atoms with E-state index in [0.29, 0.717) is 24.2 Å². The predicted molar refractivity (Wildman–Crippen MR) is 199 cm³/mol. The first-order valence-corrected chi connectivity index (χ1v) is 20.4. The molecule has 10 heteroatoms. The molecule has 0 bridgehead atoms. The molecule has 0 amide bonds. The molecule has 276 valence electrons. The number of benzene rings is 3. The molecule has 4 rings (SSSR count). The number of rotatable bonds is 16. The van der Waals surface area contributed by atoms with Gasteiger partial charge in [-0.2, -0.15) is 0 Å². The quantitative estimate of drug-likeness (QED) is 0.0820. The summed E-state index contributed by atoms with van der Waals surface area (Å²) in [7, 11) is -0.403. The fourth-order valence-electron chi connectivity index (χ4n) is 5.35. The van der Waals surface area contributed by atoms with Crippen LogP contribution < -0.4 is 4.74 Å². The van der Waals surface area contributed by atoms with Gasteiger partial charge in [0, 0.05) is 6.61 Å². The molecule has 3 aromatic rings. The molecule has 0 spiro atoms. The lowest BCUT2D eigenvalue weighted by molar-refractivity contribution is -0.153. The summed E-state index contributed by atoms with van der Waals surface area (Å²) in [5, 5.41) is 0.0523. The van der Waals surface area contributed by atoms with E-state index in [1.807, 2.05) is 50.2 Å². The van der Waals surface area contributed by atoms with E-state index in [0.717, 1.165) is 11.3 Å². The van der Waals surface area contributed by atoms with Crippen LogP contribution in [-0.2, 0) is 34.7 Å². The highest BCUT2D eigenvalue weighted by Crippen LogP contribution is 2.38. The molecule has 1 aliphatic rings. The van der Waals surface area contributed by atoms with Crippen molar-refractivity contribution in [3.63, 3.8) is 0 Å². The van der Waals surface area contributed by atoms with E-state index in [-0.39, 0.29) is 11.6 Å². The molecule has 9 nitrogen and oxygen atoms in total. The number of esters is 2. The number of hydrogen-bond acceptors (Lipinski definition) is 9. The Morgan fingerprint density at radius 3 is 1.96 bits per heavy atom. The normalized spacial score (nSPS) is 19.3. The van der Waals surface area contributed by atoms with Crippen LogP contribution in [0.3, 0.4) is 0 Å². The van der Waals surface area contributed by atoms with Gasteiger partial charge in [0.05, 0.1) is 30.9 Å². The lowest BCUT2D eigenvalue weighted by Crippen LogP contribution is -2.42. The molecule has 1 aliphatic heterocycles. The number of carbonyl (C=O) groups excluding carboxylic acids is 2. The molecule has 51 heavy (non-hydrogen) atoms. The van der Waals surface area contributed by atoms with Crippen LogP contribution in [0.25, 0.3) is 0 Å².